The second-order valence-corrected chi connectivity index (χ2v) is 5.48. The number of hydrogen-bond donors (Lipinski definition) is 2. The van der Waals surface area contributed by atoms with E-state index in [0.717, 1.165) is 16.7 Å². The molecule has 23 heavy (non-hydrogen) atoms. The number of carboxylic acids is 1. The van der Waals surface area contributed by atoms with Gasteiger partial charge in [-0.15, -0.1) is 0 Å². The van der Waals surface area contributed by atoms with Gasteiger partial charge in [-0.1, -0.05) is 61.5 Å². The van der Waals surface area contributed by atoms with Crippen LogP contribution >= 0.6 is 0 Å². The molecule has 0 radical (unpaired) electrons. The standard InChI is InChI=1S/C19H21NO3/c1-2-6-18(21)20-17(19(22)23)13-14-9-11-16(12-10-14)15-7-4-3-5-8-15/h3-5,7-12,17H,2,6,13H2,1H3,(H,20,21)(H,22,23)/t17-/m1/s1. The van der Waals surface area contributed by atoms with Crippen LogP contribution in [-0.2, 0) is 16.0 Å². The van der Waals surface area contributed by atoms with Crippen LogP contribution in [0.4, 0.5) is 0 Å². The van der Waals surface area contributed by atoms with Crippen LogP contribution < -0.4 is 5.32 Å². The lowest BCUT2D eigenvalue weighted by Gasteiger charge is -2.14. The van der Waals surface area contributed by atoms with Gasteiger partial charge in [0.05, 0.1) is 0 Å². The van der Waals surface area contributed by atoms with E-state index in [2.05, 4.69) is 5.32 Å². The van der Waals surface area contributed by atoms with Crippen molar-refractivity contribution in [2.45, 2.75) is 32.2 Å². The van der Waals surface area contributed by atoms with Crippen molar-refractivity contribution in [3.63, 3.8) is 0 Å². The van der Waals surface area contributed by atoms with E-state index in [1.54, 1.807) is 0 Å². The summed E-state index contributed by atoms with van der Waals surface area (Å²) in [6.07, 6.45) is 1.32. The molecule has 0 aromatic heterocycles. The van der Waals surface area contributed by atoms with Gasteiger partial charge in [0.2, 0.25) is 5.91 Å². The highest BCUT2D eigenvalue weighted by atomic mass is 16.4. The second kappa shape index (κ2) is 8.13. The summed E-state index contributed by atoms with van der Waals surface area (Å²) in [6, 6.07) is 16.8. The van der Waals surface area contributed by atoms with Crippen molar-refractivity contribution >= 4 is 11.9 Å². The van der Waals surface area contributed by atoms with Crippen molar-refractivity contribution in [1.82, 2.24) is 5.32 Å². The van der Waals surface area contributed by atoms with Gasteiger partial charge in [0, 0.05) is 12.8 Å². The first-order chi connectivity index (χ1) is 11.1. The van der Waals surface area contributed by atoms with E-state index in [-0.39, 0.29) is 12.3 Å². The molecule has 0 fully saturated rings. The maximum absolute atomic E-state index is 11.6. The molecule has 2 aromatic carbocycles. The summed E-state index contributed by atoms with van der Waals surface area (Å²) in [5, 5.41) is 11.8. The summed E-state index contributed by atoms with van der Waals surface area (Å²) in [5.41, 5.74) is 3.08. The minimum absolute atomic E-state index is 0.221. The third-order valence-electron chi connectivity index (χ3n) is 3.61. The van der Waals surface area contributed by atoms with Gasteiger partial charge in [-0.3, -0.25) is 4.79 Å². The number of hydrogen-bond acceptors (Lipinski definition) is 2. The molecule has 4 heteroatoms. The number of aliphatic carboxylic acids is 1. The highest BCUT2D eigenvalue weighted by Crippen LogP contribution is 2.19. The Morgan fingerprint density at radius 2 is 1.61 bits per heavy atom. The number of rotatable bonds is 7. The molecule has 4 nitrogen and oxygen atoms in total. The first kappa shape index (κ1) is 16.7. The lowest BCUT2D eigenvalue weighted by molar-refractivity contribution is -0.141. The number of carboxylic acid groups (broad SMARTS) is 1. The van der Waals surface area contributed by atoms with Gasteiger partial charge in [0.25, 0.3) is 0 Å². The predicted molar refractivity (Wildman–Crippen MR) is 90.1 cm³/mol. The molecule has 1 atom stereocenters. The normalized spacial score (nSPS) is 11.7. The summed E-state index contributed by atoms with van der Waals surface area (Å²) in [7, 11) is 0. The molecule has 2 aromatic rings. The average molecular weight is 311 g/mol. The molecule has 0 aliphatic heterocycles. The van der Waals surface area contributed by atoms with Gasteiger partial charge >= 0.3 is 5.97 Å². The maximum Gasteiger partial charge on any atom is 0.326 e. The Hall–Kier alpha value is -2.62. The van der Waals surface area contributed by atoms with E-state index in [9.17, 15) is 14.7 Å². The lowest BCUT2D eigenvalue weighted by atomic mass is 10.0. The van der Waals surface area contributed by atoms with E-state index < -0.39 is 12.0 Å². The van der Waals surface area contributed by atoms with Crippen LogP contribution in [-0.4, -0.2) is 23.0 Å². The fourth-order valence-corrected chi connectivity index (χ4v) is 2.39. The van der Waals surface area contributed by atoms with Gasteiger partial charge in [-0.25, -0.2) is 4.79 Å². The summed E-state index contributed by atoms with van der Waals surface area (Å²) >= 11 is 0. The van der Waals surface area contributed by atoms with Crippen molar-refractivity contribution in [3.05, 3.63) is 60.2 Å². The molecule has 0 saturated heterocycles. The first-order valence-corrected chi connectivity index (χ1v) is 7.76. The third-order valence-corrected chi connectivity index (χ3v) is 3.61. The van der Waals surface area contributed by atoms with Gasteiger partial charge in [-0.2, -0.15) is 0 Å². The van der Waals surface area contributed by atoms with Crippen LogP contribution in [0.1, 0.15) is 25.3 Å². The third kappa shape index (κ3) is 4.95. The maximum atomic E-state index is 11.6. The highest BCUT2D eigenvalue weighted by molar-refractivity contribution is 5.83. The van der Waals surface area contributed by atoms with Crippen LogP contribution in [0, 0.1) is 0 Å². The van der Waals surface area contributed by atoms with E-state index in [1.807, 2.05) is 61.5 Å². The average Bonchev–Trinajstić information content (AvgIpc) is 2.56. The van der Waals surface area contributed by atoms with E-state index in [4.69, 9.17) is 0 Å². The molecule has 1 amide bonds. The van der Waals surface area contributed by atoms with Crippen molar-refractivity contribution < 1.29 is 14.7 Å². The fourth-order valence-electron chi connectivity index (χ4n) is 2.39. The SMILES string of the molecule is CCCC(=O)N[C@H](Cc1ccc(-c2ccccc2)cc1)C(=O)O. The highest BCUT2D eigenvalue weighted by Gasteiger charge is 2.19. The smallest absolute Gasteiger partial charge is 0.326 e. The molecule has 0 unspecified atom stereocenters. The zero-order chi connectivity index (χ0) is 16.7. The summed E-state index contributed by atoms with van der Waals surface area (Å²) in [5.74, 6) is -1.23. The summed E-state index contributed by atoms with van der Waals surface area (Å²) in [4.78, 5) is 22.9. The largest absolute Gasteiger partial charge is 0.480 e. The second-order valence-electron chi connectivity index (χ2n) is 5.48. The molecule has 2 N–H and O–H groups in total. The number of nitrogens with one attached hydrogen (secondary N) is 1. The predicted octanol–water partition coefficient (Wildman–Crippen LogP) is 3.27. The Labute approximate surface area is 136 Å². The van der Waals surface area contributed by atoms with Crippen LogP contribution in [0.2, 0.25) is 0 Å². The van der Waals surface area contributed by atoms with Crippen LogP contribution in [0.15, 0.2) is 54.6 Å². The van der Waals surface area contributed by atoms with E-state index in [1.165, 1.54) is 0 Å². The topological polar surface area (TPSA) is 66.4 Å². The molecular weight excluding hydrogens is 290 g/mol. The first-order valence-electron chi connectivity index (χ1n) is 7.76. The number of carbonyl (C=O) groups is 2. The van der Waals surface area contributed by atoms with Gasteiger partial charge in [-0.05, 0) is 23.1 Å². The summed E-state index contributed by atoms with van der Waals surface area (Å²) < 4.78 is 0. The molecule has 0 bridgehead atoms. The number of amides is 1. The van der Waals surface area contributed by atoms with E-state index >= 15 is 0 Å². The van der Waals surface area contributed by atoms with Crippen LogP contribution in [0.5, 0.6) is 0 Å². The van der Waals surface area contributed by atoms with Crippen molar-refractivity contribution in [1.29, 1.82) is 0 Å². The fraction of sp³-hybridized carbons (Fsp3) is 0.263. The quantitative estimate of drug-likeness (QED) is 0.825. The zero-order valence-electron chi connectivity index (χ0n) is 13.2. The minimum Gasteiger partial charge on any atom is -0.480 e. The summed E-state index contributed by atoms with van der Waals surface area (Å²) in [6.45, 7) is 1.89. The molecule has 0 saturated carbocycles. The molecule has 0 aliphatic carbocycles. The molecule has 0 heterocycles. The molecule has 120 valence electrons. The number of carbonyl (C=O) groups excluding carboxylic acids is 1. The number of benzene rings is 2. The molecule has 2 rings (SSSR count). The minimum atomic E-state index is -1.01. The lowest BCUT2D eigenvalue weighted by Crippen LogP contribution is -2.42. The Morgan fingerprint density at radius 3 is 2.17 bits per heavy atom. The van der Waals surface area contributed by atoms with Crippen molar-refractivity contribution in [2.24, 2.45) is 0 Å². The molecule has 0 spiro atoms. The van der Waals surface area contributed by atoms with Gasteiger partial charge in [0.1, 0.15) is 6.04 Å². The van der Waals surface area contributed by atoms with Gasteiger partial charge in [0.15, 0.2) is 0 Å². The van der Waals surface area contributed by atoms with E-state index in [0.29, 0.717) is 12.8 Å². The molecule has 0 aliphatic rings. The Bertz CT molecular complexity index is 650. The van der Waals surface area contributed by atoms with Crippen molar-refractivity contribution in [2.75, 3.05) is 0 Å². The van der Waals surface area contributed by atoms with Crippen LogP contribution in [0.3, 0.4) is 0 Å². The van der Waals surface area contributed by atoms with Crippen molar-refractivity contribution in [3.8, 4) is 11.1 Å². The Morgan fingerprint density at radius 1 is 1.00 bits per heavy atom. The zero-order valence-corrected chi connectivity index (χ0v) is 13.2. The monoisotopic (exact) mass is 311 g/mol. The molecular formula is C19H21NO3. The van der Waals surface area contributed by atoms with Crippen LogP contribution in [0.25, 0.3) is 11.1 Å². The van der Waals surface area contributed by atoms with Gasteiger partial charge < -0.3 is 10.4 Å². The Balaban J connectivity index is 2.06. The Kier molecular flexibility index (Phi) is 5.92.